The van der Waals surface area contributed by atoms with E-state index in [2.05, 4.69) is 9.72 Å². The van der Waals surface area contributed by atoms with Crippen LogP contribution in [0.3, 0.4) is 0 Å². The molecular weight excluding hydrogens is 507 g/mol. The SMILES string of the molecule is O=C(Cc1ccccc1OC(F)(F)F)N1CCC(c2nc(-c3ccc(Cl)c([N+](=O)[O-])c3)cs2)CC1. The summed E-state index contributed by atoms with van der Waals surface area (Å²) in [5, 5.41) is 13.9. The van der Waals surface area contributed by atoms with Gasteiger partial charge in [-0.1, -0.05) is 35.9 Å². The van der Waals surface area contributed by atoms with Crippen LogP contribution in [0.4, 0.5) is 18.9 Å². The molecule has 2 heterocycles. The summed E-state index contributed by atoms with van der Waals surface area (Å²) < 4.78 is 42.0. The van der Waals surface area contributed by atoms with Gasteiger partial charge in [-0.05, 0) is 25.0 Å². The van der Waals surface area contributed by atoms with Crippen molar-refractivity contribution in [2.45, 2.75) is 31.5 Å². The number of amides is 1. The van der Waals surface area contributed by atoms with E-state index in [0.717, 1.165) is 5.01 Å². The van der Waals surface area contributed by atoms with Crippen molar-refractivity contribution in [2.24, 2.45) is 0 Å². The molecule has 0 saturated carbocycles. The van der Waals surface area contributed by atoms with E-state index in [-0.39, 0.29) is 40.3 Å². The summed E-state index contributed by atoms with van der Waals surface area (Å²) >= 11 is 7.33. The molecule has 3 aromatic rings. The minimum atomic E-state index is -4.83. The Morgan fingerprint density at radius 2 is 1.94 bits per heavy atom. The minimum absolute atomic E-state index is 0.0545. The Morgan fingerprint density at radius 1 is 1.23 bits per heavy atom. The number of piperidine rings is 1. The van der Waals surface area contributed by atoms with E-state index in [0.29, 0.717) is 37.2 Å². The molecule has 0 radical (unpaired) electrons. The van der Waals surface area contributed by atoms with Gasteiger partial charge in [-0.2, -0.15) is 0 Å². The third-order valence-corrected chi connectivity index (χ3v) is 7.02. The monoisotopic (exact) mass is 525 g/mol. The van der Waals surface area contributed by atoms with Gasteiger partial charge in [-0.3, -0.25) is 14.9 Å². The maximum Gasteiger partial charge on any atom is 0.573 e. The Morgan fingerprint density at radius 3 is 2.63 bits per heavy atom. The molecule has 0 bridgehead atoms. The van der Waals surface area contributed by atoms with Gasteiger partial charge in [0.05, 0.1) is 22.0 Å². The van der Waals surface area contributed by atoms with E-state index in [4.69, 9.17) is 11.6 Å². The number of nitro benzene ring substituents is 1. The molecule has 1 aromatic heterocycles. The molecule has 1 saturated heterocycles. The second-order valence-corrected chi connectivity index (χ2v) is 9.28. The van der Waals surface area contributed by atoms with Crippen molar-refractivity contribution >= 4 is 34.5 Å². The molecule has 0 unspecified atom stereocenters. The van der Waals surface area contributed by atoms with Crippen LogP contribution >= 0.6 is 22.9 Å². The minimum Gasteiger partial charge on any atom is -0.405 e. The number of benzene rings is 2. The summed E-state index contributed by atoms with van der Waals surface area (Å²) in [6, 6.07) is 10.2. The summed E-state index contributed by atoms with van der Waals surface area (Å²) in [7, 11) is 0. The van der Waals surface area contributed by atoms with Crippen LogP contribution in [-0.2, 0) is 11.2 Å². The zero-order valence-corrected chi connectivity index (χ0v) is 19.7. The fourth-order valence-corrected chi connectivity index (χ4v) is 5.13. The zero-order chi connectivity index (χ0) is 25.2. The van der Waals surface area contributed by atoms with E-state index in [1.807, 2.05) is 5.38 Å². The number of hydrogen-bond acceptors (Lipinski definition) is 6. The maximum atomic E-state index is 12.7. The topological polar surface area (TPSA) is 85.6 Å². The second kappa shape index (κ2) is 10.2. The van der Waals surface area contributed by atoms with Crippen LogP contribution in [0.2, 0.25) is 5.02 Å². The van der Waals surface area contributed by atoms with Gasteiger partial charge < -0.3 is 9.64 Å². The van der Waals surface area contributed by atoms with E-state index >= 15 is 0 Å². The number of carbonyl (C=O) groups excluding carboxylic acids is 1. The first kappa shape index (κ1) is 24.9. The third-order valence-electron chi connectivity index (χ3n) is 5.70. The van der Waals surface area contributed by atoms with Crippen LogP contribution in [-0.4, -0.2) is 40.2 Å². The van der Waals surface area contributed by atoms with Gasteiger partial charge in [0, 0.05) is 41.6 Å². The molecule has 4 rings (SSSR count). The van der Waals surface area contributed by atoms with E-state index < -0.39 is 11.3 Å². The molecular formula is C23H19ClF3N3O4S. The molecule has 7 nitrogen and oxygen atoms in total. The molecule has 2 aromatic carbocycles. The summed E-state index contributed by atoms with van der Waals surface area (Å²) in [4.78, 5) is 29.6. The van der Waals surface area contributed by atoms with Gasteiger partial charge in [0.2, 0.25) is 5.91 Å². The predicted octanol–water partition coefficient (Wildman–Crippen LogP) is 6.22. The number of thiazole rings is 1. The molecule has 1 amide bonds. The number of rotatable bonds is 6. The number of carbonyl (C=O) groups is 1. The molecule has 0 atom stereocenters. The van der Waals surface area contributed by atoms with Gasteiger partial charge in [0.15, 0.2) is 0 Å². The summed E-state index contributed by atoms with van der Waals surface area (Å²) in [6.07, 6.45) is -3.71. The van der Waals surface area contributed by atoms with Crippen molar-refractivity contribution in [1.29, 1.82) is 0 Å². The lowest BCUT2D eigenvalue weighted by atomic mass is 9.97. The highest BCUT2D eigenvalue weighted by molar-refractivity contribution is 7.10. The highest BCUT2D eigenvalue weighted by Gasteiger charge is 2.33. The molecule has 184 valence electrons. The van der Waals surface area contributed by atoms with Crippen LogP contribution in [0.15, 0.2) is 47.8 Å². The number of hydrogen-bond donors (Lipinski definition) is 0. The van der Waals surface area contributed by atoms with Crippen molar-refractivity contribution in [1.82, 2.24) is 9.88 Å². The first-order chi connectivity index (χ1) is 16.6. The largest absolute Gasteiger partial charge is 0.573 e. The van der Waals surface area contributed by atoms with Gasteiger partial charge in [-0.15, -0.1) is 24.5 Å². The molecule has 1 aliphatic heterocycles. The van der Waals surface area contributed by atoms with Crippen LogP contribution in [0.5, 0.6) is 5.75 Å². The average molecular weight is 526 g/mol. The smallest absolute Gasteiger partial charge is 0.405 e. The van der Waals surface area contributed by atoms with Gasteiger partial charge in [0.1, 0.15) is 10.8 Å². The van der Waals surface area contributed by atoms with Crippen molar-refractivity contribution in [2.75, 3.05) is 13.1 Å². The number of para-hydroxylation sites is 1. The number of nitro groups is 1. The molecule has 35 heavy (non-hydrogen) atoms. The lowest BCUT2D eigenvalue weighted by Crippen LogP contribution is -2.38. The van der Waals surface area contributed by atoms with Gasteiger partial charge in [0.25, 0.3) is 5.69 Å². The Bertz CT molecular complexity index is 1240. The van der Waals surface area contributed by atoms with E-state index in [9.17, 15) is 28.1 Å². The number of halogens is 4. The molecule has 0 aliphatic carbocycles. The lowest BCUT2D eigenvalue weighted by molar-refractivity contribution is -0.384. The summed E-state index contributed by atoms with van der Waals surface area (Å²) in [5.74, 6) is -0.531. The fourth-order valence-electron chi connectivity index (χ4n) is 3.94. The standard InChI is InChI=1S/C23H19ClF3N3O4S/c24-17-6-5-15(11-19(17)30(32)33)18-13-35-22(28-18)14-7-9-29(10-8-14)21(31)12-16-3-1-2-4-20(16)34-23(25,26)27/h1-6,11,13-14H,7-10,12H2. The third kappa shape index (κ3) is 6.09. The van der Waals surface area contributed by atoms with Crippen LogP contribution in [0.1, 0.15) is 29.3 Å². The average Bonchev–Trinajstić information content (AvgIpc) is 3.30. The Hall–Kier alpha value is -3.18. The number of nitrogens with zero attached hydrogens (tertiary/aromatic N) is 3. The molecule has 1 aliphatic rings. The highest BCUT2D eigenvalue weighted by Crippen LogP contribution is 2.35. The predicted molar refractivity (Wildman–Crippen MR) is 125 cm³/mol. The first-order valence-electron chi connectivity index (χ1n) is 10.6. The summed E-state index contributed by atoms with van der Waals surface area (Å²) in [5.41, 5.74) is 1.20. The molecule has 1 fully saturated rings. The highest BCUT2D eigenvalue weighted by atomic mass is 35.5. The van der Waals surface area contributed by atoms with Crippen LogP contribution < -0.4 is 4.74 Å². The van der Waals surface area contributed by atoms with Crippen molar-refractivity contribution in [3.63, 3.8) is 0 Å². The zero-order valence-electron chi connectivity index (χ0n) is 18.1. The molecule has 12 heteroatoms. The number of alkyl halides is 3. The Labute approximate surface area is 207 Å². The lowest BCUT2D eigenvalue weighted by Gasteiger charge is -2.31. The van der Waals surface area contributed by atoms with Crippen molar-refractivity contribution in [3.8, 4) is 17.0 Å². The Kier molecular flexibility index (Phi) is 7.27. The molecule has 0 spiro atoms. The Balaban J connectivity index is 1.38. The maximum absolute atomic E-state index is 12.7. The first-order valence-corrected chi connectivity index (χ1v) is 11.9. The van der Waals surface area contributed by atoms with Crippen LogP contribution in [0.25, 0.3) is 11.3 Å². The van der Waals surface area contributed by atoms with Crippen molar-refractivity contribution < 1.29 is 27.6 Å². The van der Waals surface area contributed by atoms with Crippen LogP contribution in [0, 0.1) is 10.1 Å². The van der Waals surface area contributed by atoms with Gasteiger partial charge >= 0.3 is 6.36 Å². The van der Waals surface area contributed by atoms with Gasteiger partial charge in [-0.25, -0.2) is 4.98 Å². The quantitative estimate of drug-likeness (QED) is 0.282. The second-order valence-electron chi connectivity index (χ2n) is 7.98. The van der Waals surface area contributed by atoms with Crippen molar-refractivity contribution in [3.05, 3.63) is 73.6 Å². The number of likely N-dealkylation sites (tertiary alicyclic amines) is 1. The van der Waals surface area contributed by atoms with E-state index in [1.165, 1.54) is 41.7 Å². The fraction of sp³-hybridized carbons (Fsp3) is 0.304. The van der Waals surface area contributed by atoms with E-state index in [1.54, 1.807) is 17.0 Å². The number of aromatic nitrogens is 1. The number of ether oxygens (including phenoxy) is 1. The molecule has 0 N–H and O–H groups in total. The summed E-state index contributed by atoms with van der Waals surface area (Å²) in [6.45, 7) is 0.903. The normalized spacial score (nSPS) is 14.7.